The Kier molecular flexibility index (Phi) is 9.25. The molecule has 1 unspecified atom stereocenters. The first kappa shape index (κ1) is 25.3. The molecule has 0 heterocycles. The Morgan fingerprint density at radius 2 is 1.31 bits per heavy atom. The predicted octanol–water partition coefficient (Wildman–Crippen LogP) is 8.32. The summed E-state index contributed by atoms with van der Waals surface area (Å²) in [6.45, 7) is 3.66. The Hall–Kier alpha value is -2.78. The van der Waals surface area contributed by atoms with E-state index in [4.69, 9.17) is 27.9 Å². The van der Waals surface area contributed by atoms with E-state index >= 15 is 0 Å². The van der Waals surface area contributed by atoms with Gasteiger partial charge in [0.1, 0.15) is 12.4 Å². The highest BCUT2D eigenvalue weighted by atomic mass is 35.5. The van der Waals surface area contributed by atoms with Gasteiger partial charge in [0.25, 0.3) is 0 Å². The molecule has 0 bridgehead atoms. The molecule has 4 aromatic carbocycles. The highest BCUT2D eigenvalue weighted by Crippen LogP contribution is 2.27. The number of benzene rings is 4. The lowest BCUT2D eigenvalue weighted by atomic mass is 9.88. The molecule has 0 fully saturated rings. The molecule has 1 atom stereocenters. The highest BCUT2D eigenvalue weighted by Gasteiger charge is 2.14. The summed E-state index contributed by atoms with van der Waals surface area (Å²) in [7, 11) is 0. The van der Waals surface area contributed by atoms with Gasteiger partial charge in [0.05, 0.1) is 10.0 Å². The van der Waals surface area contributed by atoms with E-state index in [1.807, 2.05) is 24.3 Å². The summed E-state index contributed by atoms with van der Waals surface area (Å²) in [4.78, 5) is 0. The van der Waals surface area contributed by atoms with Crippen molar-refractivity contribution in [3.05, 3.63) is 135 Å². The molecule has 0 aliphatic rings. The van der Waals surface area contributed by atoms with Crippen LogP contribution in [0.5, 0.6) is 5.75 Å². The van der Waals surface area contributed by atoms with Crippen molar-refractivity contribution < 1.29 is 4.74 Å². The van der Waals surface area contributed by atoms with Crippen molar-refractivity contribution in [1.82, 2.24) is 5.32 Å². The van der Waals surface area contributed by atoms with Crippen LogP contribution in [0.25, 0.3) is 0 Å². The van der Waals surface area contributed by atoms with Crippen LogP contribution in [-0.2, 0) is 13.0 Å². The highest BCUT2D eigenvalue weighted by molar-refractivity contribution is 6.42. The third kappa shape index (κ3) is 7.60. The second-order valence-corrected chi connectivity index (χ2v) is 9.72. The van der Waals surface area contributed by atoms with Crippen molar-refractivity contribution >= 4 is 23.2 Å². The summed E-state index contributed by atoms with van der Waals surface area (Å²) in [5, 5.41) is 4.82. The molecule has 1 N–H and O–H groups in total. The van der Waals surface area contributed by atoms with Gasteiger partial charge in [0, 0.05) is 12.0 Å². The summed E-state index contributed by atoms with van der Waals surface area (Å²) in [5.74, 6) is 1.23. The molecule has 35 heavy (non-hydrogen) atoms. The number of halogens is 2. The Balaban J connectivity index is 1.26. The molecule has 0 radical (unpaired) electrons. The topological polar surface area (TPSA) is 21.3 Å². The van der Waals surface area contributed by atoms with E-state index in [9.17, 15) is 0 Å². The van der Waals surface area contributed by atoms with Gasteiger partial charge in [-0.25, -0.2) is 0 Å². The van der Waals surface area contributed by atoms with Crippen LogP contribution in [0.2, 0.25) is 10.0 Å². The molecule has 0 spiro atoms. The fourth-order valence-electron chi connectivity index (χ4n) is 4.31. The van der Waals surface area contributed by atoms with Crippen LogP contribution in [0.1, 0.15) is 41.5 Å². The van der Waals surface area contributed by atoms with E-state index in [-0.39, 0.29) is 0 Å². The lowest BCUT2D eigenvalue weighted by molar-refractivity contribution is 0.306. The lowest BCUT2D eigenvalue weighted by Gasteiger charge is -2.20. The minimum absolute atomic E-state index is 0.380. The lowest BCUT2D eigenvalue weighted by Crippen LogP contribution is -2.30. The second-order valence-electron chi connectivity index (χ2n) is 8.90. The average molecular weight is 505 g/mol. The monoisotopic (exact) mass is 503 g/mol. The molecule has 0 aromatic heterocycles. The van der Waals surface area contributed by atoms with Crippen LogP contribution >= 0.6 is 23.2 Å². The molecule has 180 valence electrons. The molecule has 0 aliphatic heterocycles. The van der Waals surface area contributed by atoms with Crippen molar-refractivity contribution in [2.45, 2.75) is 38.3 Å². The maximum atomic E-state index is 6.09. The summed E-state index contributed by atoms with van der Waals surface area (Å²) in [6.07, 6.45) is 2.02. The normalized spacial score (nSPS) is 12.0. The third-order valence-electron chi connectivity index (χ3n) is 6.18. The number of hydrogen-bond donors (Lipinski definition) is 1. The van der Waals surface area contributed by atoms with Crippen molar-refractivity contribution in [2.75, 3.05) is 6.54 Å². The van der Waals surface area contributed by atoms with Crippen molar-refractivity contribution in [3.8, 4) is 5.75 Å². The first-order chi connectivity index (χ1) is 17.1. The standard InChI is InChI=1S/C31H31Cl2NO/c1-23(34-19-18-29(26-8-4-2-5-9-26)27-10-6-3-7-11-27)20-24-12-15-28(16-13-24)35-22-25-14-17-30(32)31(33)21-25/h2-17,21,23,29,34H,18-20,22H2,1H3. The number of nitrogens with one attached hydrogen (secondary N) is 1. The van der Waals surface area contributed by atoms with Crippen molar-refractivity contribution in [2.24, 2.45) is 0 Å². The zero-order chi connectivity index (χ0) is 24.5. The zero-order valence-electron chi connectivity index (χ0n) is 20.0. The van der Waals surface area contributed by atoms with Gasteiger partial charge in [-0.15, -0.1) is 0 Å². The van der Waals surface area contributed by atoms with Crippen LogP contribution in [0.4, 0.5) is 0 Å². The maximum Gasteiger partial charge on any atom is 0.119 e. The Labute approximate surface area is 218 Å². The first-order valence-electron chi connectivity index (χ1n) is 12.1. The van der Waals surface area contributed by atoms with Crippen LogP contribution in [-0.4, -0.2) is 12.6 Å². The van der Waals surface area contributed by atoms with E-state index in [1.54, 1.807) is 6.07 Å². The molecule has 0 amide bonds. The predicted molar refractivity (Wildman–Crippen MR) is 148 cm³/mol. The summed E-state index contributed by atoms with van der Waals surface area (Å²) < 4.78 is 5.90. The smallest absolute Gasteiger partial charge is 0.119 e. The third-order valence-corrected chi connectivity index (χ3v) is 6.92. The van der Waals surface area contributed by atoms with Gasteiger partial charge < -0.3 is 10.1 Å². The molecule has 0 saturated heterocycles. The minimum atomic E-state index is 0.380. The van der Waals surface area contributed by atoms with Gasteiger partial charge in [-0.05, 0) is 72.8 Å². The molecule has 0 aliphatic carbocycles. The molecule has 4 heteroatoms. The Morgan fingerprint density at radius 3 is 1.91 bits per heavy atom. The molecule has 4 rings (SSSR count). The fourth-order valence-corrected chi connectivity index (χ4v) is 4.63. The molecular weight excluding hydrogens is 473 g/mol. The van der Waals surface area contributed by atoms with Crippen molar-refractivity contribution in [3.63, 3.8) is 0 Å². The largest absolute Gasteiger partial charge is 0.489 e. The van der Waals surface area contributed by atoms with Gasteiger partial charge in [0.15, 0.2) is 0 Å². The first-order valence-corrected chi connectivity index (χ1v) is 12.8. The summed E-state index contributed by atoms with van der Waals surface area (Å²) in [6, 6.07) is 35.8. The van der Waals surface area contributed by atoms with E-state index in [2.05, 4.69) is 85.0 Å². The summed E-state index contributed by atoms with van der Waals surface area (Å²) in [5.41, 5.74) is 5.01. The molecule has 0 saturated carbocycles. The Bertz CT molecular complexity index is 1140. The Morgan fingerprint density at radius 1 is 0.714 bits per heavy atom. The quantitative estimate of drug-likeness (QED) is 0.222. The maximum absolute atomic E-state index is 6.09. The minimum Gasteiger partial charge on any atom is -0.489 e. The van der Waals surface area contributed by atoms with Gasteiger partial charge in [-0.1, -0.05) is 102 Å². The number of ether oxygens (including phenoxy) is 1. The van der Waals surface area contributed by atoms with Gasteiger partial charge in [-0.3, -0.25) is 0 Å². The fraction of sp³-hybridized carbons (Fsp3) is 0.226. The summed E-state index contributed by atoms with van der Waals surface area (Å²) >= 11 is 12.1. The van der Waals surface area contributed by atoms with Gasteiger partial charge >= 0.3 is 0 Å². The SMILES string of the molecule is CC(Cc1ccc(OCc2ccc(Cl)c(Cl)c2)cc1)NCCC(c1ccccc1)c1ccccc1. The second kappa shape index (κ2) is 12.8. The molecule has 4 aromatic rings. The van der Waals surface area contributed by atoms with Crippen LogP contribution < -0.4 is 10.1 Å². The van der Waals surface area contributed by atoms with E-state index in [0.717, 1.165) is 30.7 Å². The molecule has 2 nitrogen and oxygen atoms in total. The average Bonchev–Trinajstić information content (AvgIpc) is 2.89. The van der Waals surface area contributed by atoms with Crippen LogP contribution in [0.3, 0.4) is 0 Å². The van der Waals surface area contributed by atoms with Gasteiger partial charge in [-0.2, -0.15) is 0 Å². The number of hydrogen-bond acceptors (Lipinski definition) is 2. The zero-order valence-corrected chi connectivity index (χ0v) is 21.5. The van der Waals surface area contributed by atoms with E-state index in [1.165, 1.54) is 16.7 Å². The molecular formula is C31H31Cl2NO. The van der Waals surface area contributed by atoms with Crippen LogP contribution in [0.15, 0.2) is 103 Å². The van der Waals surface area contributed by atoms with E-state index < -0.39 is 0 Å². The van der Waals surface area contributed by atoms with E-state index in [0.29, 0.717) is 28.6 Å². The van der Waals surface area contributed by atoms with Crippen molar-refractivity contribution in [1.29, 1.82) is 0 Å². The van der Waals surface area contributed by atoms with Crippen LogP contribution in [0, 0.1) is 0 Å². The number of rotatable bonds is 11. The van der Waals surface area contributed by atoms with Gasteiger partial charge in [0.2, 0.25) is 0 Å².